The van der Waals surface area contributed by atoms with Crippen LogP contribution in [0.1, 0.15) is 11.1 Å². The molecule has 0 bridgehead atoms. The van der Waals surface area contributed by atoms with Crippen molar-refractivity contribution in [2.45, 2.75) is 6.61 Å². The summed E-state index contributed by atoms with van der Waals surface area (Å²) in [5.41, 5.74) is 1.54. The highest BCUT2D eigenvalue weighted by molar-refractivity contribution is 5.87. The minimum Gasteiger partial charge on any atom is -0.497 e. The van der Waals surface area contributed by atoms with E-state index >= 15 is 0 Å². The first kappa shape index (κ1) is 17.4. The maximum atomic E-state index is 11.8. The van der Waals surface area contributed by atoms with E-state index in [0.717, 1.165) is 5.56 Å². The van der Waals surface area contributed by atoms with Crippen LogP contribution in [-0.2, 0) is 16.1 Å². The van der Waals surface area contributed by atoms with Crippen molar-refractivity contribution in [2.24, 2.45) is 0 Å². The summed E-state index contributed by atoms with van der Waals surface area (Å²) < 4.78 is 15.4. The van der Waals surface area contributed by atoms with Gasteiger partial charge in [0.05, 0.1) is 14.2 Å². The molecular weight excluding hydrogens is 312 g/mol. The van der Waals surface area contributed by atoms with E-state index in [1.54, 1.807) is 31.4 Å². The van der Waals surface area contributed by atoms with E-state index in [0.29, 0.717) is 17.1 Å². The van der Waals surface area contributed by atoms with Crippen molar-refractivity contribution in [2.75, 3.05) is 14.2 Å². The number of carbonyl (C=O) groups is 1. The Bertz CT molecular complexity index is 723. The normalized spacial score (nSPS) is 10.5. The molecular formula is C18H18O6. The van der Waals surface area contributed by atoms with Crippen molar-refractivity contribution in [3.63, 3.8) is 0 Å². The lowest BCUT2D eigenvalue weighted by Gasteiger charge is -2.06. The van der Waals surface area contributed by atoms with Crippen LogP contribution in [0.2, 0.25) is 0 Å². The third-order valence-electron chi connectivity index (χ3n) is 3.21. The highest BCUT2D eigenvalue weighted by Gasteiger charge is 2.05. The molecule has 0 aliphatic rings. The second kappa shape index (κ2) is 8.59. The first-order chi connectivity index (χ1) is 11.7. The monoisotopic (exact) mass is 330 g/mol. The molecule has 24 heavy (non-hydrogen) atoms. The second-order valence-corrected chi connectivity index (χ2v) is 4.79. The summed E-state index contributed by atoms with van der Waals surface area (Å²) in [6.07, 6.45) is 2.89. The average Bonchev–Trinajstić information content (AvgIpc) is 2.64. The summed E-state index contributed by atoms with van der Waals surface area (Å²) in [5, 5.41) is 8.69. The van der Waals surface area contributed by atoms with Crippen molar-refractivity contribution in [1.29, 1.82) is 0 Å². The van der Waals surface area contributed by atoms with Crippen LogP contribution in [-0.4, -0.2) is 25.4 Å². The Hall–Kier alpha value is -2.99. The molecule has 0 atom stereocenters. The predicted octanol–water partition coefficient (Wildman–Crippen LogP) is 3.31. The highest BCUT2D eigenvalue weighted by Crippen LogP contribution is 2.27. The molecule has 0 heterocycles. The van der Waals surface area contributed by atoms with E-state index < -0.39 is 5.97 Å². The first-order valence-electron chi connectivity index (χ1n) is 7.13. The topological polar surface area (TPSA) is 74.2 Å². The Morgan fingerprint density at radius 2 is 1.92 bits per heavy atom. The number of esters is 1. The molecule has 0 aromatic heterocycles. The number of hydrogen-bond donors (Lipinski definition) is 1. The smallest absolute Gasteiger partial charge is 0.331 e. The Morgan fingerprint density at radius 1 is 1.08 bits per heavy atom. The maximum absolute atomic E-state index is 11.8. The van der Waals surface area contributed by atoms with E-state index in [1.165, 1.54) is 19.3 Å². The molecule has 2 aromatic rings. The zero-order valence-corrected chi connectivity index (χ0v) is 13.4. The van der Waals surface area contributed by atoms with Crippen LogP contribution in [0.25, 0.3) is 6.08 Å². The van der Waals surface area contributed by atoms with Crippen LogP contribution in [0.5, 0.6) is 17.2 Å². The van der Waals surface area contributed by atoms with Gasteiger partial charge in [-0.1, -0.05) is 18.2 Å². The number of methoxy groups -OCH3 is 2. The van der Waals surface area contributed by atoms with Crippen LogP contribution >= 0.6 is 0 Å². The van der Waals surface area contributed by atoms with Crippen molar-refractivity contribution < 1.29 is 29.1 Å². The van der Waals surface area contributed by atoms with E-state index in [4.69, 9.17) is 19.5 Å². The SMILES string of the molecule is COc1cccc(COC(=O)C=Cc2ccc(OO)c(OC)c2)c1. The molecule has 0 unspecified atom stereocenters. The van der Waals surface area contributed by atoms with Gasteiger partial charge in [-0.15, -0.1) is 0 Å². The summed E-state index contributed by atoms with van der Waals surface area (Å²) >= 11 is 0. The molecule has 0 saturated heterocycles. The van der Waals surface area contributed by atoms with Gasteiger partial charge >= 0.3 is 5.97 Å². The molecule has 0 spiro atoms. The molecule has 6 nitrogen and oxygen atoms in total. The molecule has 126 valence electrons. The highest BCUT2D eigenvalue weighted by atomic mass is 17.1. The van der Waals surface area contributed by atoms with Gasteiger partial charge in [0.25, 0.3) is 0 Å². The summed E-state index contributed by atoms with van der Waals surface area (Å²) in [6, 6.07) is 12.1. The number of benzene rings is 2. The van der Waals surface area contributed by atoms with Gasteiger partial charge in [-0.2, -0.15) is 0 Å². The minimum atomic E-state index is -0.473. The Balaban J connectivity index is 1.95. The van der Waals surface area contributed by atoms with Crippen molar-refractivity contribution in [1.82, 2.24) is 0 Å². The molecule has 2 rings (SSSR count). The van der Waals surface area contributed by atoms with Crippen LogP contribution < -0.4 is 14.4 Å². The maximum Gasteiger partial charge on any atom is 0.331 e. The molecule has 0 aliphatic heterocycles. The fourth-order valence-electron chi connectivity index (χ4n) is 1.99. The van der Waals surface area contributed by atoms with Crippen LogP contribution in [0.4, 0.5) is 0 Å². The van der Waals surface area contributed by atoms with Gasteiger partial charge in [-0.05, 0) is 41.5 Å². The average molecular weight is 330 g/mol. The van der Waals surface area contributed by atoms with Gasteiger partial charge in [0.1, 0.15) is 12.4 Å². The molecule has 0 saturated carbocycles. The molecule has 2 aromatic carbocycles. The molecule has 0 amide bonds. The zero-order chi connectivity index (χ0) is 17.4. The third kappa shape index (κ3) is 4.76. The Kier molecular flexibility index (Phi) is 6.22. The van der Waals surface area contributed by atoms with E-state index in [2.05, 4.69) is 4.89 Å². The number of ether oxygens (including phenoxy) is 3. The largest absolute Gasteiger partial charge is 0.497 e. The standard InChI is InChI=1S/C18H18O6/c1-21-15-5-3-4-14(10-15)12-23-18(19)9-7-13-6-8-16(24-20)17(11-13)22-2/h3-11,20H,12H2,1-2H3. The fourth-order valence-corrected chi connectivity index (χ4v) is 1.99. The zero-order valence-electron chi connectivity index (χ0n) is 13.4. The number of carbonyl (C=O) groups excluding carboxylic acids is 1. The predicted molar refractivity (Wildman–Crippen MR) is 88.1 cm³/mol. The minimum absolute atomic E-state index is 0.154. The third-order valence-corrected chi connectivity index (χ3v) is 3.21. The van der Waals surface area contributed by atoms with Crippen molar-refractivity contribution >= 4 is 12.0 Å². The van der Waals surface area contributed by atoms with Crippen LogP contribution in [0.3, 0.4) is 0 Å². The van der Waals surface area contributed by atoms with E-state index in [-0.39, 0.29) is 12.4 Å². The van der Waals surface area contributed by atoms with Gasteiger partial charge in [-0.25, -0.2) is 10.1 Å². The summed E-state index contributed by atoms with van der Waals surface area (Å²) in [7, 11) is 3.03. The lowest BCUT2D eigenvalue weighted by molar-refractivity contribution is -0.139. The molecule has 6 heteroatoms. The lowest BCUT2D eigenvalue weighted by Crippen LogP contribution is -2.01. The van der Waals surface area contributed by atoms with Gasteiger partial charge in [-0.3, -0.25) is 0 Å². The van der Waals surface area contributed by atoms with Gasteiger partial charge in [0, 0.05) is 6.08 Å². The van der Waals surface area contributed by atoms with Gasteiger partial charge in [0.15, 0.2) is 5.75 Å². The van der Waals surface area contributed by atoms with Crippen molar-refractivity contribution in [3.05, 3.63) is 59.7 Å². The lowest BCUT2D eigenvalue weighted by atomic mass is 10.2. The van der Waals surface area contributed by atoms with Crippen LogP contribution in [0.15, 0.2) is 48.5 Å². The molecule has 0 fully saturated rings. The molecule has 0 aliphatic carbocycles. The summed E-state index contributed by atoms with van der Waals surface area (Å²) in [6.45, 7) is 0.154. The Morgan fingerprint density at radius 3 is 2.62 bits per heavy atom. The van der Waals surface area contributed by atoms with Gasteiger partial charge in [0.2, 0.25) is 5.75 Å². The molecule has 0 radical (unpaired) electrons. The summed E-state index contributed by atoms with van der Waals surface area (Å²) in [5.74, 6) is 0.774. The first-order valence-corrected chi connectivity index (χ1v) is 7.13. The summed E-state index contributed by atoms with van der Waals surface area (Å²) in [4.78, 5) is 16.0. The van der Waals surface area contributed by atoms with Crippen LogP contribution in [0, 0.1) is 0 Å². The van der Waals surface area contributed by atoms with E-state index in [9.17, 15) is 4.79 Å². The quantitative estimate of drug-likeness (QED) is 0.363. The number of hydrogen-bond acceptors (Lipinski definition) is 6. The van der Waals surface area contributed by atoms with Gasteiger partial charge < -0.3 is 19.1 Å². The Labute approximate surface area is 139 Å². The van der Waals surface area contributed by atoms with Crippen molar-refractivity contribution in [3.8, 4) is 17.2 Å². The second-order valence-electron chi connectivity index (χ2n) is 4.79. The fraction of sp³-hybridized carbons (Fsp3) is 0.167. The number of rotatable bonds is 7. The van der Waals surface area contributed by atoms with E-state index in [1.807, 2.05) is 18.2 Å². The molecule has 1 N–H and O–H groups in total.